The van der Waals surface area contributed by atoms with Crippen molar-refractivity contribution in [2.45, 2.75) is 4.34 Å². The monoisotopic (exact) mass is 379 g/mol. The summed E-state index contributed by atoms with van der Waals surface area (Å²) in [5.74, 6) is -0.576. The molecule has 5 nitrogen and oxygen atoms in total. The fraction of sp³-hybridized carbons (Fsp3) is 0.0667. The second kappa shape index (κ2) is 7.65. The Bertz CT molecular complexity index is 847. The molecule has 24 heavy (non-hydrogen) atoms. The number of hydrogen-bond donors (Lipinski definition) is 1. The maximum atomic E-state index is 12.8. The number of carbonyl (C=O) groups excluding carboxylic acids is 2. The number of amides is 1. The molecule has 2 aromatic heterocycles. The summed E-state index contributed by atoms with van der Waals surface area (Å²) >= 11 is 3.76. The first-order valence-corrected chi connectivity index (χ1v) is 9.40. The van der Waals surface area contributed by atoms with E-state index in [1.165, 1.54) is 58.7 Å². The third-order valence-electron chi connectivity index (χ3n) is 2.86. The largest absolute Gasteiger partial charge is 0.296 e. The zero-order chi connectivity index (χ0) is 16.9. The van der Waals surface area contributed by atoms with Crippen LogP contribution in [0.2, 0.25) is 0 Å². The van der Waals surface area contributed by atoms with Crippen molar-refractivity contribution in [3.63, 3.8) is 0 Å². The van der Waals surface area contributed by atoms with Crippen molar-refractivity contribution in [1.29, 1.82) is 0 Å². The molecule has 0 spiro atoms. The SMILES string of the molecule is O=C(CSc1nnc(NC(=O)c2cccs2)s1)c1ccc(F)cc1. The van der Waals surface area contributed by atoms with Crippen LogP contribution in [0, 0.1) is 5.82 Å². The number of thioether (sulfide) groups is 1. The molecule has 3 aromatic rings. The predicted molar refractivity (Wildman–Crippen MR) is 93.6 cm³/mol. The van der Waals surface area contributed by atoms with Gasteiger partial charge < -0.3 is 0 Å². The van der Waals surface area contributed by atoms with Crippen LogP contribution in [0.3, 0.4) is 0 Å². The van der Waals surface area contributed by atoms with Gasteiger partial charge in [0.2, 0.25) is 5.13 Å². The summed E-state index contributed by atoms with van der Waals surface area (Å²) in [5.41, 5.74) is 0.444. The Hall–Kier alpha value is -2.10. The van der Waals surface area contributed by atoms with Crippen molar-refractivity contribution >= 4 is 51.3 Å². The Labute approximate surface area is 148 Å². The van der Waals surface area contributed by atoms with Crippen LogP contribution in [0.25, 0.3) is 0 Å². The molecule has 122 valence electrons. The molecule has 2 heterocycles. The van der Waals surface area contributed by atoms with E-state index in [2.05, 4.69) is 15.5 Å². The fourth-order valence-electron chi connectivity index (χ4n) is 1.73. The molecule has 0 aliphatic rings. The number of hydrogen-bond acceptors (Lipinski definition) is 7. The van der Waals surface area contributed by atoms with Gasteiger partial charge in [-0.2, -0.15) is 0 Å². The van der Waals surface area contributed by atoms with E-state index >= 15 is 0 Å². The molecular formula is C15H10FN3O2S3. The molecule has 1 amide bonds. The number of nitrogens with zero attached hydrogens (tertiary/aromatic N) is 2. The molecule has 0 aliphatic heterocycles. The van der Waals surface area contributed by atoms with E-state index in [-0.39, 0.29) is 23.3 Å². The zero-order valence-electron chi connectivity index (χ0n) is 12.1. The third-order valence-corrected chi connectivity index (χ3v) is 5.71. The van der Waals surface area contributed by atoms with Crippen molar-refractivity contribution in [3.8, 4) is 0 Å². The minimum atomic E-state index is -0.380. The van der Waals surface area contributed by atoms with E-state index in [4.69, 9.17) is 0 Å². The van der Waals surface area contributed by atoms with Crippen LogP contribution in [0.4, 0.5) is 9.52 Å². The van der Waals surface area contributed by atoms with E-state index in [1.54, 1.807) is 12.1 Å². The van der Waals surface area contributed by atoms with E-state index in [0.717, 1.165) is 0 Å². The lowest BCUT2D eigenvalue weighted by molar-refractivity contribution is 0.101. The first-order chi connectivity index (χ1) is 11.6. The highest BCUT2D eigenvalue weighted by molar-refractivity contribution is 8.01. The molecule has 0 saturated carbocycles. The molecule has 0 atom stereocenters. The molecule has 1 aromatic carbocycles. The number of Topliss-reactive ketones (excluding diaryl/α,β-unsaturated/α-hetero) is 1. The molecule has 0 saturated heterocycles. The molecule has 0 radical (unpaired) electrons. The normalized spacial score (nSPS) is 10.5. The highest BCUT2D eigenvalue weighted by Gasteiger charge is 2.13. The van der Waals surface area contributed by atoms with Crippen molar-refractivity contribution in [3.05, 3.63) is 58.0 Å². The van der Waals surface area contributed by atoms with Crippen molar-refractivity contribution in [2.24, 2.45) is 0 Å². The summed E-state index contributed by atoms with van der Waals surface area (Å²) < 4.78 is 13.4. The first-order valence-electron chi connectivity index (χ1n) is 6.72. The number of benzene rings is 1. The summed E-state index contributed by atoms with van der Waals surface area (Å²) in [6, 6.07) is 8.91. The van der Waals surface area contributed by atoms with Crippen molar-refractivity contribution < 1.29 is 14.0 Å². The van der Waals surface area contributed by atoms with E-state index in [9.17, 15) is 14.0 Å². The summed E-state index contributed by atoms with van der Waals surface area (Å²) in [6.07, 6.45) is 0. The number of carbonyl (C=O) groups is 2. The Morgan fingerprint density at radius 1 is 1.17 bits per heavy atom. The highest BCUT2D eigenvalue weighted by atomic mass is 32.2. The standard InChI is InChI=1S/C15H10FN3O2S3/c16-10-5-3-9(4-6-10)11(20)8-23-15-19-18-14(24-15)17-13(21)12-2-1-7-22-12/h1-7H,8H2,(H,17,18,21). The van der Waals surface area contributed by atoms with Gasteiger partial charge in [-0.15, -0.1) is 21.5 Å². The molecule has 1 N–H and O–H groups in total. The maximum Gasteiger partial charge on any atom is 0.267 e. The van der Waals surface area contributed by atoms with Crippen molar-refractivity contribution in [2.75, 3.05) is 11.1 Å². The smallest absolute Gasteiger partial charge is 0.267 e. The van der Waals surface area contributed by atoms with Gasteiger partial charge in [0.1, 0.15) is 5.82 Å². The average Bonchev–Trinajstić information content (AvgIpc) is 3.25. The third kappa shape index (κ3) is 4.25. The molecule has 0 bridgehead atoms. The lowest BCUT2D eigenvalue weighted by atomic mass is 10.1. The number of ketones is 1. The number of aromatic nitrogens is 2. The van der Waals surface area contributed by atoms with Gasteiger partial charge in [-0.1, -0.05) is 29.2 Å². The Balaban J connectivity index is 1.55. The Morgan fingerprint density at radius 3 is 2.67 bits per heavy atom. The summed E-state index contributed by atoms with van der Waals surface area (Å²) in [7, 11) is 0. The lowest BCUT2D eigenvalue weighted by Crippen LogP contribution is -2.09. The van der Waals surface area contributed by atoms with Crippen molar-refractivity contribution in [1.82, 2.24) is 10.2 Å². The molecule has 9 heteroatoms. The molecule has 3 rings (SSSR count). The number of halogens is 1. The minimum Gasteiger partial charge on any atom is -0.296 e. The first kappa shape index (κ1) is 16.7. The predicted octanol–water partition coefficient (Wildman–Crippen LogP) is 3.97. The Morgan fingerprint density at radius 2 is 1.96 bits per heavy atom. The van der Waals surface area contributed by atoms with E-state index in [1.807, 2.05) is 5.38 Å². The van der Waals surface area contributed by atoms with Gasteiger partial charge in [-0.25, -0.2) is 4.39 Å². The second-order valence-corrected chi connectivity index (χ2v) is 7.67. The number of anilines is 1. The van der Waals surface area contributed by atoms with Crippen LogP contribution in [-0.4, -0.2) is 27.6 Å². The topological polar surface area (TPSA) is 72.0 Å². The van der Waals surface area contributed by atoms with Gasteiger partial charge in [0.15, 0.2) is 10.1 Å². The van der Waals surface area contributed by atoms with Gasteiger partial charge >= 0.3 is 0 Å². The average molecular weight is 379 g/mol. The van der Waals surface area contributed by atoms with Crippen LogP contribution in [-0.2, 0) is 0 Å². The van der Waals surface area contributed by atoms with E-state index in [0.29, 0.717) is 19.9 Å². The van der Waals surface area contributed by atoms with Gasteiger partial charge in [0.25, 0.3) is 5.91 Å². The molecule has 0 aliphatic carbocycles. The number of rotatable bonds is 6. The summed E-state index contributed by atoms with van der Waals surface area (Å²) in [6.45, 7) is 0. The lowest BCUT2D eigenvalue weighted by Gasteiger charge is -1.99. The van der Waals surface area contributed by atoms with Gasteiger partial charge in [-0.05, 0) is 35.7 Å². The number of thiophene rings is 1. The summed E-state index contributed by atoms with van der Waals surface area (Å²) in [4.78, 5) is 24.5. The van der Waals surface area contributed by atoms with Crippen LogP contribution in [0.15, 0.2) is 46.1 Å². The quantitative estimate of drug-likeness (QED) is 0.399. The minimum absolute atomic E-state index is 0.126. The number of nitrogens with one attached hydrogen (secondary N) is 1. The summed E-state index contributed by atoms with van der Waals surface area (Å²) in [5, 5.41) is 12.7. The fourth-order valence-corrected chi connectivity index (χ4v) is 3.99. The molecular weight excluding hydrogens is 369 g/mol. The molecule has 0 unspecified atom stereocenters. The Kier molecular flexibility index (Phi) is 5.34. The van der Waals surface area contributed by atoms with Gasteiger partial charge in [0.05, 0.1) is 10.6 Å². The van der Waals surface area contributed by atoms with Crippen LogP contribution in [0.5, 0.6) is 0 Å². The second-order valence-electron chi connectivity index (χ2n) is 4.52. The van der Waals surface area contributed by atoms with Gasteiger partial charge in [-0.3, -0.25) is 14.9 Å². The highest BCUT2D eigenvalue weighted by Crippen LogP contribution is 2.26. The van der Waals surface area contributed by atoms with E-state index < -0.39 is 0 Å². The van der Waals surface area contributed by atoms with Crippen LogP contribution in [0.1, 0.15) is 20.0 Å². The molecule has 0 fully saturated rings. The van der Waals surface area contributed by atoms with Crippen LogP contribution >= 0.6 is 34.4 Å². The maximum absolute atomic E-state index is 12.8. The zero-order valence-corrected chi connectivity index (χ0v) is 14.5. The van der Waals surface area contributed by atoms with Crippen LogP contribution < -0.4 is 5.32 Å². The van der Waals surface area contributed by atoms with Gasteiger partial charge in [0, 0.05) is 5.56 Å².